The fourth-order valence-electron chi connectivity index (χ4n) is 3.52. The molecule has 0 radical (unpaired) electrons. The van der Waals surface area contributed by atoms with Crippen molar-refractivity contribution < 1.29 is 4.21 Å². The molecule has 28 heavy (non-hydrogen) atoms. The highest BCUT2D eigenvalue weighted by Crippen LogP contribution is 2.38. The molecule has 1 aliphatic rings. The normalized spacial score (nSPS) is 16.6. The van der Waals surface area contributed by atoms with Gasteiger partial charge in [-0.15, -0.1) is 5.10 Å². The molecule has 1 aromatic carbocycles. The molecule has 0 spiro atoms. The number of aromatic nitrogens is 4. The Kier molecular flexibility index (Phi) is 4.41. The Balaban J connectivity index is 1.83. The molecule has 8 heteroatoms. The Morgan fingerprint density at radius 2 is 2.04 bits per heavy atom. The van der Waals surface area contributed by atoms with E-state index in [1.54, 1.807) is 6.07 Å². The summed E-state index contributed by atoms with van der Waals surface area (Å²) < 4.78 is 23.3. The summed E-state index contributed by atoms with van der Waals surface area (Å²) in [5.74, 6) is 1.75. The van der Waals surface area contributed by atoms with Gasteiger partial charge in [0, 0.05) is 28.8 Å². The molecule has 2 aromatic heterocycles. The number of nitrogens with zero attached hydrogens (tertiary/aromatic N) is 4. The molecule has 7 nitrogen and oxygen atoms in total. The SMILES string of the molecule is Cc1cc(Cn2cc(C(C)C)c(=O)n3nc(C4CC4)nc23)ccc1S(C)(=N)=O. The average molecular weight is 400 g/mol. The monoisotopic (exact) mass is 399 g/mol. The van der Waals surface area contributed by atoms with E-state index in [4.69, 9.17) is 4.78 Å². The quantitative estimate of drug-likeness (QED) is 0.712. The first kappa shape index (κ1) is 18.9. The highest BCUT2D eigenvalue weighted by Gasteiger charge is 2.29. The topological polar surface area (TPSA) is 93.1 Å². The molecule has 1 atom stereocenters. The van der Waals surface area contributed by atoms with Crippen LogP contribution >= 0.6 is 0 Å². The Bertz CT molecular complexity index is 1230. The van der Waals surface area contributed by atoms with Gasteiger partial charge in [-0.05, 0) is 42.9 Å². The molecule has 2 heterocycles. The first-order chi connectivity index (χ1) is 13.1. The maximum absolute atomic E-state index is 12.8. The first-order valence-corrected chi connectivity index (χ1v) is 11.4. The van der Waals surface area contributed by atoms with Crippen LogP contribution in [0.15, 0.2) is 34.1 Å². The van der Waals surface area contributed by atoms with Gasteiger partial charge in [-0.3, -0.25) is 4.79 Å². The average Bonchev–Trinajstić information content (AvgIpc) is 3.34. The van der Waals surface area contributed by atoms with E-state index in [1.807, 2.05) is 43.7 Å². The zero-order chi connectivity index (χ0) is 20.2. The van der Waals surface area contributed by atoms with E-state index >= 15 is 0 Å². The second-order valence-electron chi connectivity index (χ2n) is 8.07. The number of aryl methyl sites for hydroxylation is 1. The molecular formula is C20H25N5O2S. The maximum atomic E-state index is 12.8. The van der Waals surface area contributed by atoms with Crippen molar-refractivity contribution in [2.75, 3.05) is 6.26 Å². The van der Waals surface area contributed by atoms with Crippen molar-refractivity contribution in [2.45, 2.75) is 56.9 Å². The van der Waals surface area contributed by atoms with Crippen LogP contribution in [0.3, 0.4) is 0 Å². The highest BCUT2D eigenvalue weighted by molar-refractivity contribution is 7.91. The van der Waals surface area contributed by atoms with E-state index < -0.39 is 9.73 Å². The Hall–Kier alpha value is -2.48. The van der Waals surface area contributed by atoms with E-state index in [2.05, 4.69) is 10.1 Å². The van der Waals surface area contributed by atoms with Gasteiger partial charge >= 0.3 is 0 Å². The van der Waals surface area contributed by atoms with Crippen molar-refractivity contribution in [3.05, 3.63) is 57.3 Å². The summed E-state index contributed by atoms with van der Waals surface area (Å²) in [4.78, 5) is 18.0. The van der Waals surface area contributed by atoms with Gasteiger partial charge in [0.1, 0.15) is 0 Å². The van der Waals surface area contributed by atoms with Gasteiger partial charge in [-0.2, -0.15) is 9.50 Å². The highest BCUT2D eigenvalue weighted by atomic mass is 32.2. The van der Waals surface area contributed by atoms with Crippen LogP contribution in [0, 0.1) is 11.7 Å². The number of rotatable bonds is 5. The fourth-order valence-corrected chi connectivity index (χ4v) is 4.52. The van der Waals surface area contributed by atoms with Gasteiger partial charge in [0.15, 0.2) is 5.82 Å². The molecule has 0 aliphatic heterocycles. The third kappa shape index (κ3) is 3.37. The summed E-state index contributed by atoms with van der Waals surface area (Å²) in [6.07, 6.45) is 5.47. The Morgan fingerprint density at radius 3 is 2.61 bits per heavy atom. The molecule has 0 bridgehead atoms. The number of fused-ring (bicyclic) bond motifs is 1. The molecule has 1 aliphatic carbocycles. The largest absolute Gasteiger partial charge is 0.312 e. The number of hydrogen-bond donors (Lipinski definition) is 1. The first-order valence-electron chi connectivity index (χ1n) is 9.48. The minimum Gasteiger partial charge on any atom is -0.312 e. The molecule has 0 saturated heterocycles. The fraction of sp³-hybridized carbons (Fsp3) is 0.450. The van der Waals surface area contributed by atoms with Gasteiger partial charge < -0.3 is 4.57 Å². The predicted molar refractivity (Wildman–Crippen MR) is 109 cm³/mol. The van der Waals surface area contributed by atoms with Crippen molar-refractivity contribution >= 4 is 15.5 Å². The molecule has 148 valence electrons. The standard InChI is InChI=1S/C20H25N5O2S/c1-12(2)16-11-24(10-14-5-8-17(13(3)9-14)28(4,21)27)20-22-18(15-6-7-15)23-25(20)19(16)26/h5,8-9,11-12,15,21H,6-7,10H2,1-4H3. The van der Waals surface area contributed by atoms with Crippen molar-refractivity contribution in [3.63, 3.8) is 0 Å². The van der Waals surface area contributed by atoms with Crippen LogP contribution in [0.25, 0.3) is 5.78 Å². The van der Waals surface area contributed by atoms with Crippen molar-refractivity contribution in [1.82, 2.24) is 19.2 Å². The zero-order valence-corrected chi connectivity index (χ0v) is 17.4. The van der Waals surface area contributed by atoms with E-state index in [-0.39, 0.29) is 11.5 Å². The molecule has 4 rings (SSSR count). The molecule has 1 saturated carbocycles. The van der Waals surface area contributed by atoms with E-state index in [1.165, 1.54) is 10.8 Å². The van der Waals surface area contributed by atoms with Crippen LogP contribution in [-0.2, 0) is 16.3 Å². The lowest BCUT2D eigenvalue weighted by Gasteiger charge is -2.14. The van der Waals surface area contributed by atoms with E-state index in [0.717, 1.165) is 29.8 Å². The van der Waals surface area contributed by atoms with Crippen molar-refractivity contribution in [2.24, 2.45) is 0 Å². The predicted octanol–water partition coefficient (Wildman–Crippen LogP) is 3.28. The maximum Gasteiger partial charge on any atom is 0.279 e. The van der Waals surface area contributed by atoms with E-state index in [0.29, 0.717) is 28.7 Å². The van der Waals surface area contributed by atoms with Crippen LogP contribution in [0.5, 0.6) is 0 Å². The lowest BCUT2D eigenvalue weighted by molar-refractivity contribution is 0.678. The van der Waals surface area contributed by atoms with Crippen LogP contribution in [-0.4, -0.2) is 29.6 Å². The smallest absolute Gasteiger partial charge is 0.279 e. The second kappa shape index (κ2) is 6.55. The summed E-state index contributed by atoms with van der Waals surface area (Å²) in [5.41, 5.74) is 2.44. The van der Waals surface area contributed by atoms with Crippen LogP contribution in [0.2, 0.25) is 0 Å². The van der Waals surface area contributed by atoms with Crippen molar-refractivity contribution in [3.8, 4) is 0 Å². The molecule has 0 amide bonds. The van der Waals surface area contributed by atoms with Crippen LogP contribution in [0.1, 0.15) is 61.0 Å². The minimum atomic E-state index is -2.76. The van der Waals surface area contributed by atoms with E-state index in [9.17, 15) is 9.00 Å². The third-order valence-electron chi connectivity index (χ3n) is 5.17. The molecule has 3 aromatic rings. The van der Waals surface area contributed by atoms with Crippen molar-refractivity contribution in [1.29, 1.82) is 4.78 Å². The third-order valence-corrected chi connectivity index (χ3v) is 6.47. The molecule has 1 unspecified atom stereocenters. The van der Waals surface area contributed by atoms with Gasteiger partial charge in [0.2, 0.25) is 5.78 Å². The van der Waals surface area contributed by atoms with Gasteiger partial charge in [0.05, 0.1) is 16.3 Å². The number of nitrogens with one attached hydrogen (secondary N) is 1. The molecule has 1 fully saturated rings. The zero-order valence-electron chi connectivity index (χ0n) is 16.6. The van der Waals surface area contributed by atoms with Crippen LogP contribution in [0.4, 0.5) is 0 Å². The Morgan fingerprint density at radius 1 is 1.32 bits per heavy atom. The summed E-state index contributed by atoms with van der Waals surface area (Å²) in [5, 5.41) is 4.49. The van der Waals surface area contributed by atoms with Gasteiger partial charge in [-0.1, -0.05) is 26.0 Å². The molecule has 1 N–H and O–H groups in total. The number of benzene rings is 1. The Labute approximate surface area is 164 Å². The summed E-state index contributed by atoms with van der Waals surface area (Å²) >= 11 is 0. The second-order valence-corrected chi connectivity index (χ2v) is 10.2. The summed E-state index contributed by atoms with van der Waals surface area (Å²) in [6, 6.07) is 5.61. The van der Waals surface area contributed by atoms with Gasteiger partial charge in [0.25, 0.3) is 5.56 Å². The lowest BCUT2D eigenvalue weighted by atomic mass is 10.1. The summed E-state index contributed by atoms with van der Waals surface area (Å²) in [7, 11) is -2.76. The van der Waals surface area contributed by atoms with Crippen LogP contribution < -0.4 is 5.56 Å². The number of hydrogen-bond acceptors (Lipinski definition) is 5. The van der Waals surface area contributed by atoms with Gasteiger partial charge in [-0.25, -0.2) is 8.99 Å². The summed E-state index contributed by atoms with van der Waals surface area (Å²) in [6.45, 7) is 6.39. The minimum absolute atomic E-state index is 0.0777. The lowest BCUT2D eigenvalue weighted by Crippen LogP contribution is -2.24. The molecular weight excluding hydrogens is 374 g/mol.